The van der Waals surface area contributed by atoms with Crippen LogP contribution >= 0.6 is 0 Å². The van der Waals surface area contributed by atoms with Crippen molar-refractivity contribution in [1.82, 2.24) is 21.3 Å². The molecule has 4 nitrogen and oxygen atoms in total. The summed E-state index contributed by atoms with van der Waals surface area (Å²) in [6.07, 6.45) is 0. The Hall–Kier alpha value is 1.04. The second kappa shape index (κ2) is 17.4. The standard InChI is InChI=1S/C8H20N4.2ClH.Zn/c1-2-10-5-6-12-8-7-11-4-3-9-1;;;/h9-12H,1-8H2;2*1H;/q;;;+2/p-2. The van der Waals surface area contributed by atoms with Gasteiger partial charge in [0.15, 0.2) is 0 Å². The molecule has 88 valence electrons. The first-order valence-corrected chi connectivity index (χ1v) is 4.83. The Morgan fingerprint density at radius 2 is 0.533 bits per heavy atom. The van der Waals surface area contributed by atoms with Crippen LogP contribution in [0, 0.1) is 0 Å². The molecule has 1 aliphatic rings. The predicted octanol–water partition coefficient (Wildman–Crippen LogP) is -7.64. The van der Waals surface area contributed by atoms with Crippen molar-refractivity contribution in [1.29, 1.82) is 0 Å². The van der Waals surface area contributed by atoms with Crippen LogP contribution in [-0.2, 0) is 19.5 Å². The zero-order valence-electron chi connectivity index (χ0n) is 9.12. The van der Waals surface area contributed by atoms with E-state index in [1.54, 1.807) is 0 Å². The average molecular weight is 309 g/mol. The molecule has 0 amide bonds. The molecule has 0 atom stereocenters. The first-order valence-electron chi connectivity index (χ1n) is 4.83. The van der Waals surface area contributed by atoms with Crippen molar-refractivity contribution in [3.8, 4) is 0 Å². The molecular formula is C8H20Cl2N4Zn. The van der Waals surface area contributed by atoms with Gasteiger partial charge in [0.2, 0.25) is 0 Å². The van der Waals surface area contributed by atoms with Crippen LogP contribution in [0.3, 0.4) is 0 Å². The van der Waals surface area contributed by atoms with Crippen LogP contribution in [0.15, 0.2) is 0 Å². The Kier molecular flexibility index (Phi) is 24.8. The molecule has 0 radical (unpaired) electrons. The van der Waals surface area contributed by atoms with E-state index in [4.69, 9.17) is 0 Å². The molecule has 0 aliphatic carbocycles. The van der Waals surface area contributed by atoms with Gasteiger partial charge in [-0.15, -0.1) is 0 Å². The fourth-order valence-corrected chi connectivity index (χ4v) is 1.21. The van der Waals surface area contributed by atoms with E-state index in [1.165, 1.54) is 0 Å². The molecule has 7 heteroatoms. The molecule has 0 aromatic carbocycles. The first-order chi connectivity index (χ1) is 6.00. The van der Waals surface area contributed by atoms with E-state index < -0.39 is 0 Å². The van der Waals surface area contributed by atoms with Gasteiger partial charge in [0.1, 0.15) is 0 Å². The zero-order valence-corrected chi connectivity index (χ0v) is 13.6. The van der Waals surface area contributed by atoms with Gasteiger partial charge < -0.3 is 46.1 Å². The van der Waals surface area contributed by atoms with Crippen molar-refractivity contribution in [3.05, 3.63) is 0 Å². The summed E-state index contributed by atoms with van der Waals surface area (Å²) in [5.41, 5.74) is 0. The maximum Gasteiger partial charge on any atom is 2.00 e. The van der Waals surface area contributed by atoms with E-state index in [2.05, 4.69) is 21.3 Å². The SMILES string of the molecule is C1CNCCNCCNCCN1.[Cl-].[Cl-].[Zn+2]. The molecule has 4 N–H and O–H groups in total. The largest absolute Gasteiger partial charge is 2.00 e. The molecule has 1 fully saturated rings. The van der Waals surface area contributed by atoms with Crippen molar-refractivity contribution in [3.63, 3.8) is 0 Å². The second-order valence-electron chi connectivity index (χ2n) is 3.00. The van der Waals surface area contributed by atoms with E-state index in [1.807, 2.05) is 0 Å². The van der Waals surface area contributed by atoms with Crippen LogP contribution < -0.4 is 46.1 Å². The van der Waals surface area contributed by atoms with E-state index in [-0.39, 0.29) is 44.3 Å². The Bertz CT molecular complexity index is 67.6. The Morgan fingerprint density at radius 1 is 0.400 bits per heavy atom. The zero-order chi connectivity index (χ0) is 8.49. The Balaban J connectivity index is -0.000000480. The van der Waals surface area contributed by atoms with Gasteiger partial charge in [0, 0.05) is 52.4 Å². The molecule has 1 rings (SSSR count). The average Bonchev–Trinajstić information content (AvgIpc) is 2.05. The van der Waals surface area contributed by atoms with Gasteiger partial charge in [-0.2, -0.15) is 0 Å². The Morgan fingerprint density at radius 3 is 0.667 bits per heavy atom. The summed E-state index contributed by atoms with van der Waals surface area (Å²) >= 11 is 0. The molecule has 0 saturated carbocycles. The molecule has 1 heterocycles. The van der Waals surface area contributed by atoms with Gasteiger partial charge in [-0.1, -0.05) is 0 Å². The van der Waals surface area contributed by atoms with Crippen molar-refractivity contribution in [2.75, 3.05) is 52.4 Å². The predicted molar refractivity (Wildman–Crippen MR) is 51.5 cm³/mol. The van der Waals surface area contributed by atoms with Crippen LogP contribution in [0.5, 0.6) is 0 Å². The molecule has 0 aromatic rings. The van der Waals surface area contributed by atoms with Gasteiger partial charge in [-0.25, -0.2) is 0 Å². The number of rotatable bonds is 0. The molecule has 0 bridgehead atoms. The van der Waals surface area contributed by atoms with Gasteiger partial charge >= 0.3 is 19.5 Å². The number of nitrogens with one attached hydrogen (secondary N) is 4. The number of halogens is 2. The topological polar surface area (TPSA) is 48.1 Å². The van der Waals surface area contributed by atoms with Gasteiger partial charge in [0.05, 0.1) is 0 Å². The summed E-state index contributed by atoms with van der Waals surface area (Å²) in [6.45, 7) is 8.57. The maximum atomic E-state index is 3.36. The molecule has 15 heavy (non-hydrogen) atoms. The fourth-order valence-electron chi connectivity index (χ4n) is 1.21. The van der Waals surface area contributed by atoms with E-state index in [0.29, 0.717) is 0 Å². The first kappa shape index (κ1) is 21.3. The number of hydrogen-bond donors (Lipinski definition) is 4. The molecule has 1 aliphatic heterocycles. The van der Waals surface area contributed by atoms with Gasteiger partial charge in [-0.3, -0.25) is 0 Å². The fraction of sp³-hybridized carbons (Fsp3) is 1.00. The van der Waals surface area contributed by atoms with E-state index >= 15 is 0 Å². The van der Waals surface area contributed by atoms with Crippen molar-refractivity contribution in [2.24, 2.45) is 0 Å². The van der Waals surface area contributed by atoms with Crippen molar-refractivity contribution in [2.45, 2.75) is 0 Å². The monoisotopic (exact) mass is 306 g/mol. The molecular weight excluding hydrogens is 288 g/mol. The Labute approximate surface area is 118 Å². The van der Waals surface area contributed by atoms with Crippen molar-refractivity contribution >= 4 is 0 Å². The van der Waals surface area contributed by atoms with Crippen LogP contribution in [0.25, 0.3) is 0 Å². The summed E-state index contributed by atoms with van der Waals surface area (Å²) in [6, 6.07) is 0. The molecule has 0 spiro atoms. The molecule has 1 saturated heterocycles. The maximum absolute atomic E-state index is 3.36. The third-order valence-electron chi connectivity index (χ3n) is 1.91. The van der Waals surface area contributed by atoms with Crippen LogP contribution in [0.4, 0.5) is 0 Å². The van der Waals surface area contributed by atoms with Crippen LogP contribution in [-0.4, -0.2) is 52.4 Å². The van der Waals surface area contributed by atoms with E-state index in [9.17, 15) is 0 Å². The van der Waals surface area contributed by atoms with Crippen LogP contribution in [0.1, 0.15) is 0 Å². The van der Waals surface area contributed by atoms with Crippen LogP contribution in [0.2, 0.25) is 0 Å². The molecule has 0 unspecified atom stereocenters. The quantitative estimate of drug-likeness (QED) is 0.336. The normalized spacial score (nSPS) is 19.2. The summed E-state index contributed by atoms with van der Waals surface area (Å²) in [5.74, 6) is 0. The molecule has 0 aromatic heterocycles. The van der Waals surface area contributed by atoms with Gasteiger partial charge in [-0.05, 0) is 0 Å². The van der Waals surface area contributed by atoms with Gasteiger partial charge in [0.25, 0.3) is 0 Å². The smallest absolute Gasteiger partial charge is 1.00 e. The summed E-state index contributed by atoms with van der Waals surface area (Å²) in [4.78, 5) is 0. The second-order valence-corrected chi connectivity index (χ2v) is 3.00. The number of hydrogen-bond acceptors (Lipinski definition) is 4. The summed E-state index contributed by atoms with van der Waals surface area (Å²) in [5, 5.41) is 13.4. The summed E-state index contributed by atoms with van der Waals surface area (Å²) < 4.78 is 0. The minimum absolute atomic E-state index is 0. The minimum Gasteiger partial charge on any atom is -1.00 e. The third kappa shape index (κ3) is 15.0. The summed E-state index contributed by atoms with van der Waals surface area (Å²) in [7, 11) is 0. The van der Waals surface area contributed by atoms with Crippen molar-refractivity contribution < 1.29 is 44.3 Å². The van der Waals surface area contributed by atoms with E-state index in [0.717, 1.165) is 52.4 Å². The minimum atomic E-state index is 0. The third-order valence-corrected chi connectivity index (χ3v) is 1.91.